The van der Waals surface area contributed by atoms with Gasteiger partial charge in [-0.1, -0.05) is 60.1 Å². The minimum atomic E-state index is -1.26. The lowest BCUT2D eigenvalue weighted by Gasteiger charge is -2.36. The van der Waals surface area contributed by atoms with Crippen LogP contribution in [0.5, 0.6) is 5.75 Å². The number of halogens is 1. The van der Waals surface area contributed by atoms with Crippen molar-refractivity contribution in [2.75, 3.05) is 44.7 Å². The average Bonchev–Trinajstić information content (AvgIpc) is 2.94. The van der Waals surface area contributed by atoms with E-state index in [-0.39, 0.29) is 0 Å². The maximum Gasteiger partial charge on any atom is 0.328 e. The number of anilines is 1. The summed E-state index contributed by atoms with van der Waals surface area (Å²) in [7, 11) is 1.72. The van der Waals surface area contributed by atoms with Crippen LogP contribution in [0.4, 0.5) is 5.69 Å². The number of ether oxygens (including phenoxy) is 1. The van der Waals surface area contributed by atoms with Crippen LogP contribution in [0.3, 0.4) is 0 Å². The van der Waals surface area contributed by atoms with Crippen molar-refractivity contribution in [2.45, 2.75) is 12.3 Å². The van der Waals surface area contributed by atoms with Gasteiger partial charge in [-0.25, -0.2) is 9.59 Å². The first-order valence-electron chi connectivity index (χ1n) is 12.4. The molecule has 0 spiro atoms. The van der Waals surface area contributed by atoms with Gasteiger partial charge in [0.15, 0.2) is 0 Å². The molecule has 1 aliphatic heterocycles. The topological polar surface area (TPSA) is 90.3 Å². The van der Waals surface area contributed by atoms with Crippen LogP contribution < -0.4 is 9.64 Å². The fourth-order valence-electron chi connectivity index (χ4n) is 4.40. The van der Waals surface area contributed by atoms with Crippen LogP contribution in [0.1, 0.15) is 23.5 Å². The Morgan fingerprint density at radius 3 is 2.05 bits per heavy atom. The quantitative estimate of drug-likeness (QED) is 0.354. The van der Waals surface area contributed by atoms with Crippen molar-refractivity contribution in [3.63, 3.8) is 0 Å². The summed E-state index contributed by atoms with van der Waals surface area (Å²) in [6, 6.07) is 27.5. The first kappa shape index (κ1) is 28.8. The predicted octanol–water partition coefficient (Wildman–Crippen LogP) is 5.40. The van der Waals surface area contributed by atoms with Crippen molar-refractivity contribution in [1.82, 2.24) is 4.90 Å². The van der Waals surface area contributed by atoms with Crippen molar-refractivity contribution in [3.05, 3.63) is 107 Å². The smallest absolute Gasteiger partial charge is 0.328 e. The van der Waals surface area contributed by atoms with Gasteiger partial charge in [0, 0.05) is 61.0 Å². The SMILES string of the molecule is COc1cccc(N2CCN(CCC(c3ccccc3)c3ccc(Cl)cc3)CC2)c1.O=C(O)/C=C\C(=O)O. The first-order valence-corrected chi connectivity index (χ1v) is 12.8. The summed E-state index contributed by atoms with van der Waals surface area (Å²) < 4.78 is 5.38. The number of carboxylic acid groups (broad SMARTS) is 2. The third-order valence-electron chi connectivity index (χ3n) is 6.37. The molecule has 0 saturated carbocycles. The van der Waals surface area contributed by atoms with Gasteiger partial charge in [-0.05, 0) is 48.4 Å². The largest absolute Gasteiger partial charge is 0.497 e. The number of methoxy groups -OCH3 is 1. The van der Waals surface area contributed by atoms with Crippen LogP contribution in [0.25, 0.3) is 0 Å². The van der Waals surface area contributed by atoms with E-state index in [1.807, 2.05) is 18.2 Å². The zero-order valence-corrected chi connectivity index (χ0v) is 22.1. The Morgan fingerprint density at radius 2 is 1.47 bits per heavy atom. The van der Waals surface area contributed by atoms with Gasteiger partial charge >= 0.3 is 11.9 Å². The highest BCUT2D eigenvalue weighted by Gasteiger charge is 2.20. The standard InChI is InChI=1S/C26H29ClN2O.C4H4O4/c1-30-25-9-5-8-24(20-25)29-18-16-28(17-19-29)15-14-26(21-6-3-2-4-7-21)22-10-12-23(27)13-11-22;5-3(6)1-2-4(7)8/h2-13,20,26H,14-19H2,1H3;1-2H,(H,5,6)(H,7,8)/b;2-1-. The molecule has 0 aromatic heterocycles. The molecule has 0 radical (unpaired) electrons. The van der Waals surface area contributed by atoms with E-state index in [0.717, 1.165) is 49.9 Å². The van der Waals surface area contributed by atoms with Crippen molar-refractivity contribution in [2.24, 2.45) is 0 Å². The van der Waals surface area contributed by atoms with E-state index in [0.29, 0.717) is 18.1 Å². The molecule has 1 fully saturated rings. The van der Waals surface area contributed by atoms with Crippen LogP contribution in [-0.4, -0.2) is 66.9 Å². The molecule has 200 valence electrons. The number of hydrogen-bond acceptors (Lipinski definition) is 5. The third-order valence-corrected chi connectivity index (χ3v) is 6.62. The van der Waals surface area contributed by atoms with Gasteiger partial charge in [-0.15, -0.1) is 0 Å². The molecule has 0 aliphatic carbocycles. The van der Waals surface area contributed by atoms with E-state index >= 15 is 0 Å². The zero-order chi connectivity index (χ0) is 27.3. The second-order valence-corrected chi connectivity index (χ2v) is 9.28. The predicted molar refractivity (Wildman–Crippen MR) is 150 cm³/mol. The number of piperazine rings is 1. The van der Waals surface area contributed by atoms with E-state index in [1.54, 1.807) is 7.11 Å². The Morgan fingerprint density at radius 1 is 0.868 bits per heavy atom. The normalized spacial score (nSPS) is 14.4. The highest BCUT2D eigenvalue weighted by atomic mass is 35.5. The van der Waals surface area contributed by atoms with E-state index in [9.17, 15) is 9.59 Å². The molecule has 1 heterocycles. The molecule has 38 heavy (non-hydrogen) atoms. The summed E-state index contributed by atoms with van der Waals surface area (Å²) in [5.41, 5.74) is 3.95. The molecule has 0 bridgehead atoms. The number of rotatable bonds is 9. The molecule has 2 N–H and O–H groups in total. The summed E-state index contributed by atoms with van der Waals surface area (Å²) in [5.74, 6) is -1.21. The van der Waals surface area contributed by atoms with Crippen molar-refractivity contribution >= 4 is 29.2 Å². The third kappa shape index (κ3) is 9.25. The molecule has 3 aromatic rings. The Balaban J connectivity index is 0.000000436. The first-order chi connectivity index (χ1) is 18.4. The maximum atomic E-state index is 9.55. The van der Waals surface area contributed by atoms with Gasteiger partial charge in [0.2, 0.25) is 0 Å². The fourth-order valence-corrected chi connectivity index (χ4v) is 4.52. The minimum Gasteiger partial charge on any atom is -0.497 e. The van der Waals surface area contributed by atoms with Crippen LogP contribution in [-0.2, 0) is 9.59 Å². The Bertz CT molecular complexity index is 1180. The number of benzene rings is 3. The summed E-state index contributed by atoms with van der Waals surface area (Å²) in [5, 5.41) is 16.4. The molecule has 0 amide bonds. The molecular formula is C30H33ClN2O5. The van der Waals surface area contributed by atoms with Crippen LogP contribution >= 0.6 is 11.6 Å². The summed E-state index contributed by atoms with van der Waals surface area (Å²) in [4.78, 5) is 24.1. The van der Waals surface area contributed by atoms with Gasteiger partial charge < -0.3 is 19.8 Å². The van der Waals surface area contributed by atoms with Crippen molar-refractivity contribution < 1.29 is 24.5 Å². The Labute approximate surface area is 228 Å². The van der Waals surface area contributed by atoms with E-state index in [2.05, 4.69) is 70.5 Å². The van der Waals surface area contributed by atoms with Crippen molar-refractivity contribution in [1.29, 1.82) is 0 Å². The average molecular weight is 537 g/mol. The second-order valence-electron chi connectivity index (χ2n) is 8.84. The molecule has 1 aliphatic rings. The molecule has 1 saturated heterocycles. The highest BCUT2D eigenvalue weighted by molar-refractivity contribution is 6.30. The lowest BCUT2D eigenvalue weighted by atomic mass is 9.88. The molecule has 1 unspecified atom stereocenters. The van der Waals surface area contributed by atoms with E-state index in [4.69, 9.17) is 26.6 Å². The number of hydrogen-bond donors (Lipinski definition) is 2. The second kappa shape index (κ2) is 14.8. The molecule has 8 heteroatoms. The molecule has 7 nitrogen and oxygen atoms in total. The van der Waals surface area contributed by atoms with Crippen LogP contribution in [0.2, 0.25) is 5.02 Å². The summed E-state index contributed by atoms with van der Waals surface area (Å²) in [6.07, 6.45) is 2.22. The lowest BCUT2D eigenvalue weighted by Crippen LogP contribution is -2.46. The van der Waals surface area contributed by atoms with E-state index < -0.39 is 11.9 Å². The highest BCUT2D eigenvalue weighted by Crippen LogP contribution is 2.29. The number of carbonyl (C=O) groups is 2. The molecule has 1 atom stereocenters. The summed E-state index contributed by atoms with van der Waals surface area (Å²) >= 11 is 6.12. The lowest BCUT2D eigenvalue weighted by molar-refractivity contribution is -0.134. The molecular weight excluding hydrogens is 504 g/mol. The monoisotopic (exact) mass is 536 g/mol. The number of aliphatic carboxylic acids is 2. The van der Waals surface area contributed by atoms with Crippen molar-refractivity contribution in [3.8, 4) is 5.75 Å². The number of nitrogens with zero attached hydrogens (tertiary/aromatic N) is 2. The van der Waals surface area contributed by atoms with Gasteiger partial charge in [0.1, 0.15) is 5.75 Å². The Kier molecular flexibility index (Phi) is 11.2. The van der Waals surface area contributed by atoms with Gasteiger partial charge in [-0.3, -0.25) is 4.90 Å². The van der Waals surface area contributed by atoms with Crippen LogP contribution in [0, 0.1) is 0 Å². The van der Waals surface area contributed by atoms with Gasteiger partial charge in [0.05, 0.1) is 7.11 Å². The van der Waals surface area contributed by atoms with Gasteiger partial charge in [-0.2, -0.15) is 0 Å². The zero-order valence-electron chi connectivity index (χ0n) is 21.4. The fraction of sp³-hybridized carbons (Fsp3) is 0.267. The van der Waals surface area contributed by atoms with E-state index in [1.165, 1.54) is 16.8 Å². The summed E-state index contributed by atoms with van der Waals surface area (Å²) in [6.45, 7) is 5.35. The number of carboxylic acids is 2. The Hall–Kier alpha value is -3.81. The molecule has 4 rings (SSSR count). The van der Waals surface area contributed by atoms with Crippen LogP contribution in [0.15, 0.2) is 91.0 Å². The van der Waals surface area contributed by atoms with Gasteiger partial charge in [0.25, 0.3) is 0 Å². The minimum absolute atomic E-state index is 0.389. The molecule has 3 aromatic carbocycles. The maximum absolute atomic E-state index is 9.55.